The summed E-state index contributed by atoms with van der Waals surface area (Å²) >= 11 is 0. The molecule has 0 aliphatic carbocycles. The fourth-order valence-corrected chi connectivity index (χ4v) is 7.71. The summed E-state index contributed by atoms with van der Waals surface area (Å²) in [6.07, 6.45) is 71.4. The van der Waals surface area contributed by atoms with E-state index < -0.39 is 6.10 Å². The Bertz CT molecular complexity index is 1300. The van der Waals surface area contributed by atoms with Crippen molar-refractivity contribution >= 4 is 17.9 Å². The zero-order chi connectivity index (χ0) is 48.6. The van der Waals surface area contributed by atoms with Crippen molar-refractivity contribution in [2.75, 3.05) is 13.2 Å². The second kappa shape index (κ2) is 55.2. The molecule has 0 N–H and O–H groups in total. The van der Waals surface area contributed by atoms with E-state index in [4.69, 9.17) is 14.2 Å². The first kappa shape index (κ1) is 63.6. The van der Waals surface area contributed by atoms with E-state index in [1.165, 1.54) is 141 Å². The fraction of sp³-hybridized carbons (Fsp3) is 0.721. The number of carbonyl (C=O) groups excluding carboxylic acids is 3. The molecule has 1 unspecified atom stereocenters. The standard InChI is InChI=1S/C61H104O6/c1-4-7-10-13-16-19-22-25-27-29-30-32-33-36-39-42-45-48-51-54-60(63)66-57-58(56-65-59(62)53-50-47-44-41-38-35-24-21-18-15-12-9-6-3)67-61(64)55-52-49-46-43-40-37-34-31-28-26-23-20-17-14-11-8-5-2/h9,12,15,17-18,20-21,24,26,28-30,35,38,58H,4-8,10-11,13-14,16,19,22-23,25,27,31-34,36-37,39-57H2,1-3H3/b12-9+,18-15+,20-17+,24-21+,28-26+,30-29+,38-35+. The Morgan fingerprint density at radius 3 is 1.09 bits per heavy atom. The molecular weight excluding hydrogens is 829 g/mol. The number of carbonyl (C=O) groups is 3. The summed E-state index contributed by atoms with van der Waals surface area (Å²) in [5.74, 6) is -0.943. The highest BCUT2D eigenvalue weighted by Gasteiger charge is 2.19. The molecule has 0 aliphatic rings. The van der Waals surface area contributed by atoms with Crippen molar-refractivity contribution < 1.29 is 28.6 Å². The highest BCUT2D eigenvalue weighted by molar-refractivity contribution is 5.71. The largest absolute Gasteiger partial charge is 0.462 e. The molecule has 0 aromatic heterocycles. The summed E-state index contributed by atoms with van der Waals surface area (Å²) < 4.78 is 16.8. The lowest BCUT2D eigenvalue weighted by molar-refractivity contribution is -0.167. The van der Waals surface area contributed by atoms with E-state index in [1.54, 1.807) is 0 Å². The van der Waals surface area contributed by atoms with Gasteiger partial charge in [0.15, 0.2) is 6.10 Å². The van der Waals surface area contributed by atoms with Gasteiger partial charge in [-0.25, -0.2) is 0 Å². The Hall–Kier alpha value is -3.41. The van der Waals surface area contributed by atoms with Gasteiger partial charge < -0.3 is 14.2 Å². The first-order chi connectivity index (χ1) is 33.0. The van der Waals surface area contributed by atoms with Crippen molar-refractivity contribution in [3.8, 4) is 0 Å². The van der Waals surface area contributed by atoms with Crippen LogP contribution in [0.25, 0.3) is 0 Å². The summed E-state index contributed by atoms with van der Waals surface area (Å²) in [7, 11) is 0. The van der Waals surface area contributed by atoms with E-state index in [0.29, 0.717) is 19.3 Å². The van der Waals surface area contributed by atoms with Gasteiger partial charge in [-0.2, -0.15) is 0 Å². The van der Waals surface area contributed by atoms with Gasteiger partial charge in [-0.3, -0.25) is 14.4 Å². The van der Waals surface area contributed by atoms with E-state index in [0.717, 1.165) is 83.5 Å². The van der Waals surface area contributed by atoms with E-state index >= 15 is 0 Å². The van der Waals surface area contributed by atoms with Crippen molar-refractivity contribution in [1.82, 2.24) is 0 Å². The molecule has 0 bridgehead atoms. The normalized spacial score (nSPS) is 12.7. The van der Waals surface area contributed by atoms with Crippen molar-refractivity contribution in [3.05, 3.63) is 85.1 Å². The maximum Gasteiger partial charge on any atom is 0.306 e. The molecular formula is C61H104O6. The van der Waals surface area contributed by atoms with Gasteiger partial charge in [0, 0.05) is 19.3 Å². The summed E-state index contributed by atoms with van der Waals surface area (Å²) in [5, 5.41) is 0. The molecule has 0 rings (SSSR count). The van der Waals surface area contributed by atoms with Crippen LogP contribution in [0.15, 0.2) is 85.1 Å². The highest BCUT2D eigenvalue weighted by Crippen LogP contribution is 2.15. The zero-order valence-corrected chi connectivity index (χ0v) is 43.9. The van der Waals surface area contributed by atoms with Crippen molar-refractivity contribution in [1.29, 1.82) is 0 Å². The van der Waals surface area contributed by atoms with Gasteiger partial charge in [-0.05, 0) is 96.3 Å². The predicted molar refractivity (Wildman–Crippen MR) is 288 cm³/mol. The van der Waals surface area contributed by atoms with Crippen LogP contribution in [0.3, 0.4) is 0 Å². The molecule has 0 amide bonds. The third kappa shape index (κ3) is 53.4. The van der Waals surface area contributed by atoms with Crippen LogP contribution in [0.1, 0.15) is 265 Å². The second-order valence-corrected chi connectivity index (χ2v) is 18.5. The molecule has 0 spiro atoms. The van der Waals surface area contributed by atoms with Crippen LogP contribution in [0.2, 0.25) is 0 Å². The van der Waals surface area contributed by atoms with Crippen LogP contribution in [0, 0.1) is 0 Å². The Labute approximate surface area is 414 Å². The minimum atomic E-state index is -0.799. The molecule has 384 valence electrons. The van der Waals surface area contributed by atoms with Crippen LogP contribution in [0.4, 0.5) is 0 Å². The van der Waals surface area contributed by atoms with Crippen molar-refractivity contribution in [2.45, 2.75) is 271 Å². The molecule has 0 aromatic carbocycles. The number of ether oxygens (including phenoxy) is 3. The lowest BCUT2D eigenvalue weighted by Gasteiger charge is -2.18. The summed E-state index contributed by atoms with van der Waals surface area (Å²) in [6.45, 7) is 6.44. The lowest BCUT2D eigenvalue weighted by atomic mass is 10.1. The maximum absolute atomic E-state index is 12.8. The van der Waals surface area contributed by atoms with Gasteiger partial charge in [0.25, 0.3) is 0 Å². The number of hydrogen-bond donors (Lipinski definition) is 0. The van der Waals surface area contributed by atoms with Crippen LogP contribution in [0.5, 0.6) is 0 Å². The summed E-state index contributed by atoms with van der Waals surface area (Å²) in [6, 6.07) is 0. The topological polar surface area (TPSA) is 78.9 Å². The SMILES string of the molecule is CC/C=C/C=C/C=C/C=C/CCCCCC(=O)OCC(COC(=O)CCCCCCCCC/C=C/CCCCCCCCCC)OC(=O)CCCCCCCCC/C=C/C/C=C/CCCCC. The van der Waals surface area contributed by atoms with Crippen molar-refractivity contribution in [2.24, 2.45) is 0 Å². The van der Waals surface area contributed by atoms with Gasteiger partial charge in [0.1, 0.15) is 13.2 Å². The smallest absolute Gasteiger partial charge is 0.306 e. The van der Waals surface area contributed by atoms with Gasteiger partial charge in [-0.1, -0.05) is 234 Å². The quantitative estimate of drug-likeness (QED) is 0.0199. The molecule has 6 heteroatoms. The minimum Gasteiger partial charge on any atom is -0.462 e. The lowest BCUT2D eigenvalue weighted by Crippen LogP contribution is -2.30. The molecule has 0 heterocycles. The molecule has 6 nitrogen and oxygen atoms in total. The average Bonchev–Trinajstić information content (AvgIpc) is 3.33. The summed E-state index contributed by atoms with van der Waals surface area (Å²) in [5.41, 5.74) is 0. The summed E-state index contributed by atoms with van der Waals surface area (Å²) in [4.78, 5) is 38.1. The molecule has 0 saturated carbocycles. The van der Waals surface area contributed by atoms with Gasteiger partial charge in [0.05, 0.1) is 0 Å². The average molecular weight is 933 g/mol. The minimum absolute atomic E-state index is 0.0949. The van der Waals surface area contributed by atoms with Gasteiger partial charge in [0.2, 0.25) is 0 Å². The van der Waals surface area contributed by atoms with E-state index in [1.807, 2.05) is 30.4 Å². The number of hydrogen-bond acceptors (Lipinski definition) is 6. The molecule has 0 aliphatic heterocycles. The zero-order valence-electron chi connectivity index (χ0n) is 43.9. The first-order valence-corrected chi connectivity index (χ1v) is 28.1. The fourth-order valence-electron chi connectivity index (χ4n) is 7.71. The Morgan fingerprint density at radius 1 is 0.328 bits per heavy atom. The number of rotatable bonds is 50. The third-order valence-corrected chi connectivity index (χ3v) is 11.9. The van der Waals surface area contributed by atoms with Crippen LogP contribution < -0.4 is 0 Å². The van der Waals surface area contributed by atoms with E-state index in [9.17, 15) is 14.4 Å². The molecule has 0 radical (unpaired) electrons. The second-order valence-electron chi connectivity index (χ2n) is 18.5. The van der Waals surface area contributed by atoms with Gasteiger partial charge >= 0.3 is 17.9 Å². The molecule has 0 saturated heterocycles. The van der Waals surface area contributed by atoms with E-state index in [-0.39, 0.29) is 31.1 Å². The van der Waals surface area contributed by atoms with Crippen LogP contribution in [-0.4, -0.2) is 37.2 Å². The van der Waals surface area contributed by atoms with E-state index in [2.05, 4.69) is 75.5 Å². The number of esters is 3. The third-order valence-electron chi connectivity index (χ3n) is 11.9. The number of unbranched alkanes of at least 4 members (excludes halogenated alkanes) is 28. The predicted octanol–water partition coefficient (Wildman–Crippen LogP) is 18.8. The first-order valence-electron chi connectivity index (χ1n) is 28.1. The maximum atomic E-state index is 12.8. The van der Waals surface area contributed by atoms with Crippen molar-refractivity contribution in [3.63, 3.8) is 0 Å². The van der Waals surface area contributed by atoms with Crippen LogP contribution >= 0.6 is 0 Å². The monoisotopic (exact) mass is 933 g/mol. The Morgan fingerprint density at radius 2 is 0.642 bits per heavy atom. The Kier molecular flexibility index (Phi) is 52.4. The van der Waals surface area contributed by atoms with Crippen LogP contribution in [-0.2, 0) is 28.6 Å². The number of allylic oxidation sites excluding steroid dienone is 14. The van der Waals surface area contributed by atoms with Gasteiger partial charge in [-0.15, -0.1) is 0 Å². The Balaban J connectivity index is 4.42. The molecule has 1 atom stereocenters. The highest BCUT2D eigenvalue weighted by atomic mass is 16.6. The molecule has 67 heavy (non-hydrogen) atoms. The molecule has 0 fully saturated rings. The molecule has 0 aromatic rings.